The number of nitrogens with two attached hydrogens (primary N) is 1. The van der Waals surface area contributed by atoms with Crippen molar-refractivity contribution >= 4 is 11.7 Å². The first-order valence-electron chi connectivity index (χ1n) is 6.84. The van der Waals surface area contributed by atoms with Crippen LogP contribution in [0.2, 0.25) is 0 Å². The summed E-state index contributed by atoms with van der Waals surface area (Å²) < 4.78 is 5.49. The minimum Gasteiger partial charge on any atom is -0.508 e. The minimum absolute atomic E-state index is 0.0342. The van der Waals surface area contributed by atoms with E-state index in [0.29, 0.717) is 6.42 Å². The minimum atomic E-state index is -0.601. The highest BCUT2D eigenvalue weighted by molar-refractivity contribution is 6.06. The number of amidine groups is 1. The van der Waals surface area contributed by atoms with Crippen LogP contribution in [-0.4, -0.2) is 41.7 Å². The van der Waals surface area contributed by atoms with Crippen molar-refractivity contribution in [3.63, 3.8) is 0 Å². The Balaban J connectivity index is 2.97. The fourth-order valence-electron chi connectivity index (χ4n) is 1.60. The van der Waals surface area contributed by atoms with Crippen molar-refractivity contribution in [1.29, 1.82) is 0 Å². The summed E-state index contributed by atoms with van der Waals surface area (Å²) in [6.07, 6.45) is 3.17. The summed E-state index contributed by atoms with van der Waals surface area (Å²) in [4.78, 5) is 15.7. The van der Waals surface area contributed by atoms with Crippen LogP contribution in [0.4, 0.5) is 0 Å². The Labute approximate surface area is 129 Å². The molecule has 0 aliphatic rings. The maximum atomic E-state index is 12.0. The zero-order valence-corrected chi connectivity index (χ0v) is 12.6. The van der Waals surface area contributed by atoms with Crippen LogP contribution in [0.5, 0.6) is 11.5 Å². The molecule has 5 N–H and O–H groups in total. The number of amides is 1. The largest absolute Gasteiger partial charge is 0.508 e. The van der Waals surface area contributed by atoms with Gasteiger partial charge in [0.15, 0.2) is 0 Å². The number of hydrogen-bond acceptors (Lipinski definition) is 5. The van der Waals surface area contributed by atoms with Crippen LogP contribution in [0.1, 0.15) is 23.7 Å². The Morgan fingerprint density at radius 2 is 2.23 bits per heavy atom. The van der Waals surface area contributed by atoms with Crippen LogP contribution in [0.25, 0.3) is 0 Å². The van der Waals surface area contributed by atoms with Crippen LogP contribution < -0.4 is 15.8 Å². The van der Waals surface area contributed by atoms with E-state index >= 15 is 0 Å². The Morgan fingerprint density at radius 1 is 1.50 bits per heavy atom. The van der Waals surface area contributed by atoms with Gasteiger partial charge >= 0.3 is 0 Å². The highest BCUT2D eigenvalue weighted by Gasteiger charge is 2.12. The van der Waals surface area contributed by atoms with Crippen LogP contribution in [0.15, 0.2) is 35.5 Å². The van der Waals surface area contributed by atoms with Gasteiger partial charge < -0.3 is 26.0 Å². The fourth-order valence-corrected chi connectivity index (χ4v) is 1.60. The molecule has 0 spiro atoms. The number of phenolic OH excluding ortho intramolecular Hbond substituents is 1. The van der Waals surface area contributed by atoms with Gasteiger partial charge in [0.25, 0.3) is 5.91 Å². The fraction of sp³-hybridized carbons (Fsp3) is 0.333. The molecule has 1 amide bonds. The second kappa shape index (κ2) is 8.68. The summed E-state index contributed by atoms with van der Waals surface area (Å²) in [5, 5.41) is 21.5. The quantitative estimate of drug-likeness (QED) is 0.437. The van der Waals surface area contributed by atoms with Gasteiger partial charge in [0.05, 0.1) is 6.61 Å². The average Bonchev–Trinajstić information content (AvgIpc) is 2.49. The summed E-state index contributed by atoms with van der Waals surface area (Å²) in [5.41, 5.74) is 5.72. The van der Waals surface area contributed by atoms with E-state index in [1.54, 1.807) is 7.05 Å². The average molecular weight is 307 g/mol. The maximum Gasteiger partial charge on any atom is 0.279 e. The number of aliphatic imine (C=N–C) groups is 1. The molecule has 0 bridgehead atoms. The predicted molar refractivity (Wildman–Crippen MR) is 84.1 cm³/mol. The maximum absolute atomic E-state index is 12.0. The van der Waals surface area contributed by atoms with Gasteiger partial charge in [0.1, 0.15) is 23.4 Å². The second-order valence-electron chi connectivity index (χ2n) is 4.51. The topological polar surface area (TPSA) is 117 Å². The number of phenols is 1. The van der Waals surface area contributed by atoms with E-state index in [4.69, 9.17) is 15.6 Å². The summed E-state index contributed by atoms with van der Waals surface area (Å²) in [7, 11) is 1.69. The van der Waals surface area contributed by atoms with Crippen molar-refractivity contribution in [2.24, 2.45) is 10.7 Å². The molecule has 1 unspecified atom stereocenters. The van der Waals surface area contributed by atoms with Crippen molar-refractivity contribution < 1.29 is 19.7 Å². The number of ether oxygens (including phenoxy) is 1. The molecule has 0 aromatic heterocycles. The molecule has 0 saturated carbocycles. The molecule has 22 heavy (non-hydrogen) atoms. The molecule has 120 valence electrons. The lowest BCUT2D eigenvalue weighted by atomic mass is 10.2. The van der Waals surface area contributed by atoms with Crippen molar-refractivity contribution in [3.8, 4) is 11.5 Å². The Kier molecular flexibility index (Phi) is 6.91. The van der Waals surface area contributed by atoms with E-state index in [9.17, 15) is 9.90 Å². The number of nitrogens with zero attached hydrogens (tertiary/aromatic N) is 1. The van der Waals surface area contributed by atoms with Crippen molar-refractivity contribution in [2.75, 3.05) is 13.7 Å². The van der Waals surface area contributed by atoms with E-state index in [0.717, 1.165) is 0 Å². The monoisotopic (exact) mass is 307 g/mol. The summed E-state index contributed by atoms with van der Waals surface area (Å²) in [5.74, 6) is -0.417. The second-order valence-corrected chi connectivity index (χ2v) is 4.51. The number of carbonyl (C=O) groups is 1. The molecule has 0 fully saturated rings. The van der Waals surface area contributed by atoms with Gasteiger partial charge in [-0.2, -0.15) is 4.99 Å². The van der Waals surface area contributed by atoms with Crippen LogP contribution in [-0.2, 0) is 0 Å². The summed E-state index contributed by atoms with van der Waals surface area (Å²) in [6.45, 7) is 1.70. The zero-order chi connectivity index (χ0) is 16.5. The van der Waals surface area contributed by atoms with Gasteiger partial charge in [-0.25, -0.2) is 0 Å². The zero-order valence-electron chi connectivity index (χ0n) is 12.6. The van der Waals surface area contributed by atoms with E-state index in [1.165, 1.54) is 30.5 Å². The molecule has 7 heteroatoms. The summed E-state index contributed by atoms with van der Waals surface area (Å²) >= 11 is 0. The van der Waals surface area contributed by atoms with Crippen molar-refractivity contribution in [1.82, 2.24) is 5.32 Å². The van der Waals surface area contributed by atoms with Crippen molar-refractivity contribution in [2.45, 2.75) is 19.4 Å². The number of carbonyl (C=O) groups excluding carboxylic acids is 1. The molecule has 0 saturated heterocycles. The number of aliphatic hydroxyl groups excluding tert-OH is 1. The first-order valence-corrected chi connectivity index (χ1v) is 6.84. The number of aliphatic hydroxyl groups is 1. The lowest BCUT2D eigenvalue weighted by Gasteiger charge is -2.15. The third-order valence-corrected chi connectivity index (χ3v) is 2.75. The smallest absolute Gasteiger partial charge is 0.279 e. The molecule has 7 nitrogen and oxygen atoms in total. The molecule has 0 heterocycles. The number of rotatable bonds is 7. The van der Waals surface area contributed by atoms with Gasteiger partial charge in [-0.05, 0) is 30.8 Å². The highest BCUT2D eigenvalue weighted by Crippen LogP contribution is 2.23. The Morgan fingerprint density at radius 3 is 2.82 bits per heavy atom. The van der Waals surface area contributed by atoms with E-state index in [1.807, 2.05) is 6.92 Å². The molecule has 1 aromatic carbocycles. The third kappa shape index (κ3) is 5.45. The standard InChI is InChI=1S/C15H21N3O4/c1-3-12(9-19)22-13-7-10(6-11(20)8-13)15(21)18-14(16)4-5-17-2/h4-8,12,17,19-20H,3,9H2,1-2H3,(H2,16,18,21)/b5-4-. The van der Waals surface area contributed by atoms with Crippen LogP contribution >= 0.6 is 0 Å². The van der Waals surface area contributed by atoms with Gasteiger partial charge in [0, 0.05) is 18.7 Å². The first kappa shape index (κ1) is 17.5. The molecule has 1 aromatic rings. The van der Waals surface area contributed by atoms with Gasteiger partial charge in [0.2, 0.25) is 0 Å². The predicted octanol–water partition coefficient (Wildman–Crippen LogP) is 0.772. The number of aromatic hydroxyl groups is 1. The number of nitrogens with one attached hydrogen (secondary N) is 1. The Hall–Kier alpha value is -2.54. The molecule has 0 radical (unpaired) electrons. The lowest BCUT2D eigenvalue weighted by molar-refractivity contribution is 0.0998. The van der Waals surface area contributed by atoms with Crippen LogP contribution in [0, 0.1) is 0 Å². The molecule has 0 aliphatic heterocycles. The molecule has 1 rings (SSSR count). The van der Waals surface area contributed by atoms with Gasteiger partial charge in [-0.3, -0.25) is 4.79 Å². The van der Waals surface area contributed by atoms with Gasteiger partial charge in [-0.15, -0.1) is 0 Å². The van der Waals surface area contributed by atoms with E-state index < -0.39 is 12.0 Å². The van der Waals surface area contributed by atoms with Crippen molar-refractivity contribution in [3.05, 3.63) is 36.0 Å². The molecule has 0 aliphatic carbocycles. The number of hydrogen-bond donors (Lipinski definition) is 4. The molecular formula is C15H21N3O4. The van der Waals surface area contributed by atoms with Gasteiger partial charge in [-0.1, -0.05) is 6.92 Å². The van der Waals surface area contributed by atoms with E-state index in [2.05, 4.69) is 10.3 Å². The highest BCUT2D eigenvalue weighted by atomic mass is 16.5. The Bertz CT molecular complexity index is 566. The van der Waals surface area contributed by atoms with E-state index in [-0.39, 0.29) is 29.5 Å². The normalized spacial score (nSPS) is 13.1. The SMILES string of the molecule is CCC(CO)Oc1cc(O)cc(C(=O)N=C(N)/C=C\NC)c1. The number of benzene rings is 1. The first-order chi connectivity index (χ1) is 10.5. The third-order valence-electron chi connectivity index (χ3n) is 2.75. The lowest BCUT2D eigenvalue weighted by Crippen LogP contribution is -2.19. The molecular weight excluding hydrogens is 286 g/mol. The summed E-state index contributed by atoms with van der Waals surface area (Å²) in [6, 6.07) is 4.08. The molecule has 1 atom stereocenters. The van der Waals surface area contributed by atoms with Crippen LogP contribution in [0.3, 0.4) is 0 Å².